The normalized spacial score (nSPS) is 14.3. The lowest BCUT2D eigenvalue weighted by atomic mass is 10.0. The number of anilines is 1. The molecule has 0 bridgehead atoms. The highest BCUT2D eigenvalue weighted by Gasteiger charge is 2.21. The van der Waals surface area contributed by atoms with Crippen molar-refractivity contribution in [1.82, 2.24) is 20.0 Å². The number of halogens is 1. The van der Waals surface area contributed by atoms with Gasteiger partial charge in [-0.05, 0) is 69.3 Å². The van der Waals surface area contributed by atoms with Crippen molar-refractivity contribution in [2.75, 3.05) is 46.2 Å². The maximum atomic E-state index is 5.46. The Hall–Kier alpha value is -2.85. The maximum Gasteiger partial charge on any atom is 0.156 e. The first-order valence-corrected chi connectivity index (χ1v) is 12.1. The molecule has 35 heavy (non-hydrogen) atoms. The SMILES string of the molecule is CCc1nnc(NC2CCN(Cc3ccc(C#CCN(C)C)cc3)CC2)c2cc(OC)ccc12.Cl. The Morgan fingerprint density at radius 2 is 1.80 bits per heavy atom. The van der Waals surface area contributed by atoms with Gasteiger partial charge in [-0.25, -0.2) is 0 Å². The molecule has 0 radical (unpaired) electrons. The molecule has 2 aromatic carbocycles. The van der Waals surface area contributed by atoms with Gasteiger partial charge in [-0.2, -0.15) is 5.10 Å². The zero-order valence-corrected chi connectivity index (χ0v) is 22.0. The summed E-state index contributed by atoms with van der Waals surface area (Å²) in [6, 6.07) is 15.2. The summed E-state index contributed by atoms with van der Waals surface area (Å²) >= 11 is 0. The van der Waals surface area contributed by atoms with Crippen molar-refractivity contribution in [2.45, 2.75) is 38.8 Å². The van der Waals surface area contributed by atoms with Gasteiger partial charge >= 0.3 is 0 Å². The third-order valence-electron chi connectivity index (χ3n) is 6.31. The zero-order valence-electron chi connectivity index (χ0n) is 21.2. The molecule has 6 nitrogen and oxygen atoms in total. The molecule has 1 aromatic heterocycles. The minimum absolute atomic E-state index is 0. The summed E-state index contributed by atoms with van der Waals surface area (Å²) in [5.41, 5.74) is 3.43. The van der Waals surface area contributed by atoms with Crippen LogP contribution in [0.5, 0.6) is 5.75 Å². The lowest BCUT2D eigenvalue weighted by Gasteiger charge is -2.32. The number of benzene rings is 2. The van der Waals surface area contributed by atoms with Gasteiger partial charge in [0.2, 0.25) is 0 Å². The quantitative estimate of drug-likeness (QED) is 0.485. The van der Waals surface area contributed by atoms with E-state index in [-0.39, 0.29) is 12.4 Å². The van der Waals surface area contributed by atoms with Crippen LogP contribution in [0.1, 0.15) is 36.6 Å². The van der Waals surface area contributed by atoms with Gasteiger partial charge < -0.3 is 10.1 Å². The number of fused-ring (bicyclic) bond motifs is 1. The van der Waals surface area contributed by atoms with E-state index in [0.717, 1.165) is 79.0 Å². The molecule has 186 valence electrons. The van der Waals surface area contributed by atoms with E-state index >= 15 is 0 Å². The third-order valence-corrected chi connectivity index (χ3v) is 6.31. The smallest absolute Gasteiger partial charge is 0.156 e. The molecule has 0 atom stereocenters. The highest BCUT2D eigenvalue weighted by Crippen LogP contribution is 2.29. The molecule has 1 aliphatic rings. The number of rotatable bonds is 7. The predicted octanol–water partition coefficient (Wildman–Crippen LogP) is 4.61. The van der Waals surface area contributed by atoms with Crippen LogP contribution < -0.4 is 10.1 Å². The van der Waals surface area contributed by atoms with Crippen LogP contribution >= 0.6 is 12.4 Å². The van der Waals surface area contributed by atoms with E-state index in [2.05, 4.69) is 80.5 Å². The second kappa shape index (κ2) is 12.7. The second-order valence-electron chi connectivity index (χ2n) is 9.19. The third kappa shape index (κ3) is 7.08. The number of aryl methyl sites for hydroxylation is 1. The number of hydrogen-bond acceptors (Lipinski definition) is 6. The van der Waals surface area contributed by atoms with Crippen LogP contribution in [0.25, 0.3) is 10.8 Å². The van der Waals surface area contributed by atoms with Gasteiger partial charge in [0, 0.05) is 42.0 Å². The Morgan fingerprint density at radius 1 is 1.06 bits per heavy atom. The zero-order chi connectivity index (χ0) is 23.9. The average Bonchev–Trinajstić information content (AvgIpc) is 2.86. The van der Waals surface area contributed by atoms with Crippen molar-refractivity contribution in [3.63, 3.8) is 0 Å². The lowest BCUT2D eigenvalue weighted by Crippen LogP contribution is -2.38. The maximum absolute atomic E-state index is 5.46. The summed E-state index contributed by atoms with van der Waals surface area (Å²) in [7, 11) is 5.77. The van der Waals surface area contributed by atoms with E-state index in [0.29, 0.717) is 6.04 Å². The minimum atomic E-state index is 0. The molecule has 0 saturated carbocycles. The van der Waals surface area contributed by atoms with E-state index in [1.807, 2.05) is 20.2 Å². The van der Waals surface area contributed by atoms with Gasteiger partial charge in [-0.3, -0.25) is 9.80 Å². The number of likely N-dealkylation sites (tertiary alicyclic amines) is 1. The number of piperidine rings is 1. The fourth-order valence-corrected chi connectivity index (χ4v) is 4.36. The van der Waals surface area contributed by atoms with E-state index in [4.69, 9.17) is 4.74 Å². The minimum Gasteiger partial charge on any atom is -0.497 e. The van der Waals surface area contributed by atoms with Gasteiger partial charge in [0.25, 0.3) is 0 Å². The average molecular weight is 494 g/mol. The number of hydrogen-bond donors (Lipinski definition) is 1. The van der Waals surface area contributed by atoms with Crippen LogP contribution in [0.3, 0.4) is 0 Å². The second-order valence-corrected chi connectivity index (χ2v) is 9.19. The van der Waals surface area contributed by atoms with E-state index in [9.17, 15) is 0 Å². The molecular weight excluding hydrogens is 458 g/mol. The van der Waals surface area contributed by atoms with Crippen LogP contribution in [0.2, 0.25) is 0 Å². The van der Waals surface area contributed by atoms with Crippen molar-refractivity contribution < 1.29 is 4.74 Å². The van der Waals surface area contributed by atoms with Gasteiger partial charge in [-0.1, -0.05) is 30.9 Å². The molecule has 1 saturated heterocycles. The van der Waals surface area contributed by atoms with Gasteiger partial charge in [0.05, 0.1) is 19.3 Å². The Morgan fingerprint density at radius 3 is 2.46 bits per heavy atom. The monoisotopic (exact) mass is 493 g/mol. The van der Waals surface area contributed by atoms with Crippen molar-refractivity contribution in [3.05, 3.63) is 59.3 Å². The lowest BCUT2D eigenvalue weighted by molar-refractivity contribution is 0.211. The van der Waals surface area contributed by atoms with E-state index in [1.54, 1.807) is 7.11 Å². The Balaban J connectivity index is 0.00000342. The van der Waals surface area contributed by atoms with Crippen LogP contribution in [0, 0.1) is 11.8 Å². The first kappa shape index (κ1) is 26.7. The van der Waals surface area contributed by atoms with Crippen molar-refractivity contribution in [1.29, 1.82) is 0 Å². The van der Waals surface area contributed by atoms with Crippen molar-refractivity contribution in [3.8, 4) is 17.6 Å². The van der Waals surface area contributed by atoms with Crippen LogP contribution in [0.15, 0.2) is 42.5 Å². The predicted molar refractivity (Wildman–Crippen MR) is 147 cm³/mol. The summed E-state index contributed by atoms with van der Waals surface area (Å²) in [6.07, 6.45) is 3.02. The van der Waals surface area contributed by atoms with Crippen LogP contribution in [-0.4, -0.2) is 66.9 Å². The number of nitrogens with zero attached hydrogens (tertiary/aromatic N) is 4. The molecule has 0 unspecified atom stereocenters. The molecule has 1 fully saturated rings. The van der Waals surface area contributed by atoms with Crippen molar-refractivity contribution in [2.24, 2.45) is 0 Å². The number of aromatic nitrogens is 2. The standard InChI is InChI=1S/C28H35N5O.ClH/c1-5-27-25-13-12-24(34-4)19-26(25)28(31-30-27)29-23-14-17-33(18-15-23)20-22-10-8-21(9-11-22)7-6-16-32(2)3;/h8-13,19,23H,5,14-18,20H2,1-4H3,(H,29,31);1H. The van der Waals surface area contributed by atoms with Crippen molar-refractivity contribution >= 4 is 29.0 Å². The van der Waals surface area contributed by atoms with E-state index in [1.165, 1.54) is 5.56 Å². The summed E-state index contributed by atoms with van der Waals surface area (Å²) in [6.45, 7) is 5.99. The van der Waals surface area contributed by atoms with Crippen LogP contribution in [0.4, 0.5) is 5.82 Å². The number of methoxy groups -OCH3 is 1. The summed E-state index contributed by atoms with van der Waals surface area (Å²) in [5.74, 6) is 8.12. The van der Waals surface area contributed by atoms with Crippen LogP contribution in [-0.2, 0) is 13.0 Å². The molecule has 1 N–H and O–H groups in total. The summed E-state index contributed by atoms with van der Waals surface area (Å²) < 4.78 is 5.46. The number of nitrogens with one attached hydrogen (secondary N) is 1. The summed E-state index contributed by atoms with van der Waals surface area (Å²) in [4.78, 5) is 4.60. The molecule has 2 heterocycles. The van der Waals surface area contributed by atoms with E-state index < -0.39 is 0 Å². The molecule has 7 heteroatoms. The highest BCUT2D eigenvalue weighted by molar-refractivity contribution is 5.94. The fourth-order valence-electron chi connectivity index (χ4n) is 4.36. The highest BCUT2D eigenvalue weighted by atomic mass is 35.5. The fraction of sp³-hybridized carbons (Fsp3) is 0.429. The Labute approximate surface area is 215 Å². The molecule has 4 rings (SSSR count). The van der Waals surface area contributed by atoms with Gasteiger partial charge in [-0.15, -0.1) is 17.5 Å². The first-order valence-electron chi connectivity index (χ1n) is 12.1. The van der Waals surface area contributed by atoms with Gasteiger partial charge in [0.1, 0.15) is 5.75 Å². The molecular formula is C28H36ClN5O. The number of ether oxygens (including phenoxy) is 1. The summed E-state index contributed by atoms with van der Waals surface area (Å²) in [5, 5.41) is 14.9. The molecule has 0 amide bonds. The molecule has 0 spiro atoms. The molecule has 3 aromatic rings. The largest absolute Gasteiger partial charge is 0.497 e. The topological polar surface area (TPSA) is 53.5 Å². The van der Waals surface area contributed by atoms with Gasteiger partial charge in [0.15, 0.2) is 5.82 Å². The molecule has 0 aliphatic carbocycles. The Kier molecular flexibility index (Phi) is 9.73. The molecule has 1 aliphatic heterocycles. The Bertz CT molecular complexity index is 1160. The first-order chi connectivity index (χ1) is 16.6.